The summed E-state index contributed by atoms with van der Waals surface area (Å²) in [5.41, 5.74) is 2.88. The number of ether oxygens (including phenoxy) is 1. The molecule has 38 heavy (non-hydrogen) atoms. The third kappa shape index (κ3) is 9.47. The number of carbonyl (C=O) groups excluding carboxylic acids is 2. The Hall–Kier alpha value is -3.41. The summed E-state index contributed by atoms with van der Waals surface area (Å²) in [7, 11) is 0. The Kier molecular flexibility index (Phi) is 11.6. The maximum Gasteiger partial charge on any atom is 0.243 e. The Morgan fingerprint density at radius 2 is 1.97 bits per heavy atom. The van der Waals surface area contributed by atoms with E-state index in [0.29, 0.717) is 37.3 Å². The lowest BCUT2D eigenvalue weighted by Crippen LogP contribution is -2.54. The molecule has 8 heteroatoms. The highest BCUT2D eigenvalue weighted by Crippen LogP contribution is 2.19. The van der Waals surface area contributed by atoms with Gasteiger partial charge in [-0.25, -0.2) is 4.39 Å². The van der Waals surface area contributed by atoms with Gasteiger partial charge >= 0.3 is 0 Å². The maximum absolute atomic E-state index is 14.4. The summed E-state index contributed by atoms with van der Waals surface area (Å²) in [6, 6.07) is 10.9. The van der Waals surface area contributed by atoms with Crippen molar-refractivity contribution in [3.05, 3.63) is 65.0 Å². The molecular weight excluding hydrogens is 485 g/mol. The standard InChI is InChI=1S/C30H38FN3O4/c1-3-9-26-30(37)34-27(28(35)20-32-19-22-11-8-10-21(4-2)14-22)17-23-15-24(31)18-25(16-23)38-13-7-5-6-12-29(36)33-26/h1,8,10-11,14-16,18,26-28,32,35H,4-7,9,12-13,17,19-20H2,2H3,(H,33,36)(H,34,37)/t26?,27?,28-/m1/s1. The molecule has 1 aliphatic heterocycles. The monoisotopic (exact) mass is 523 g/mol. The first kappa shape index (κ1) is 29.2. The summed E-state index contributed by atoms with van der Waals surface area (Å²) in [5.74, 6) is 1.64. The predicted molar refractivity (Wildman–Crippen MR) is 145 cm³/mol. The molecular formula is C30H38FN3O4. The Bertz CT molecular complexity index is 1120. The van der Waals surface area contributed by atoms with Gasteiger partial charge in [-0.3, -0.25) is 9.59 Å². The first-order chi connectivity index (χ1) is 18.4. The van der Waals surface area contributed by atoms with Crippen LogP contribution in [0.2, 0.25) is 0 Å². The zero-order chi connectivity index (χ0) is 27.3. The summed E-state index contributed by atoms with van der Waals surface area (Å²) in [4.78, 5) is 25.6. The van der Waals surface area contributed by atoms with E-state index in [4.69, 9.17) is 11.2 Å². The Labute approximate surface area is 224 Å². The molecule has 0 spiro atoms. The second-order valence-corrected chi connectivity index (χ2v) is 9.67. The molecule has 2 unspecified atom stereocenters. The van der Waals surface area contributed by atoms with Gasteiger partial charge in [-0.2, -0.15) is 0 Å². The minimum atomic E-state index is -0.998. The quantitative estimate of drug-likeness (QED) is 0.418. The van der Waals surface area contributed by atoms with Gasteiger partial charge in [0.15, 0.2) is 0 Å². The average Bonchev–Trinajstić information content (AvgIpc) is 2.89. The molecule has 1 aliphatic rings. The molecule has 2 aromatic rings. The van der Waals surface area contributed by atoms with Crippen LogP contribution in [0.25, 0.3) is 0 Å². The molecule has 0 saturated carbocycles. The first-order valence-corrected chi connectivity index (χ1v) is 13.3. The number of benzene rings is 2. The highest BCUT2D eigenvalue weighted by Gasteiger charge is 2.27. The Morgan fingerprint density at radius 3 is 2.76 bits per heavy atom. The fraction of sp³-hybridized carbons (Fsp3) is 0.467. The van der Waals surface area contributed by atoms with Gasteiger partial charge in [0.2, 0.25) is 11.8 Å². The Balaban J connectivity index is 1.78. The van der Waals surface area contributed by atoms with Crippen molar-refractivity contribution in [1.29, 1.82) is 0 Å². The number of hydrogen-bond donors (Lipinski definition) is 4. The number of fused-ring (bicyclic) bond motifs is 2. The molecule has 3 atom stereocenters. The third-order valence-electron chi connectivity index (χ3n) is 6.55. The van der Waals surface area contributed by atoms with Gasteiger partial charge < -0.3 is 25.8 Å². The summed E-state index contributed by atoms with van der Waals surface area (Å²) >= 11 is 0. The van der Waals surface area contributed by atoms with Gasteiger partial charge in [-0.15, -0.1) is 12.3 Å². The fourth-order valence-electron chi connectivity index (χ4n) is 4.46. The number of rotatable bonds is 7. The fourth-order valence-corrected chi connectivity index (χ4v) is 4.46. The minimum absolute atomic E-state index is 0.0182. The van der Waals surface area contributed by atoms with Crippen LogP contribution in [0, 0.1) is 18.2 Å². The molecule has 204 valence electrons. The van der Waals surface area contributed by atoms with E-state index in [2.05, 4.69) is 40.9 Å². The van der Waals surface area contributed by atoms with E-state index >= 15 is 0 Å². The van der Waals surface area contributed by atoms with Crippen LogP contribution < -0.4 is 20.7 Å². The van der Waals surface area contributed by atoms with Crippen molar-refractivity contribution in [2.24, 2.45) is 0 Å². The number of halogens is 1. The molecule has 7 nitrogen and oxygen atoms in total. The smallest absolute Gasteiger partial charge is 0.243 e. The normalized spacial score (nSPS) is 19.9. The molecule has 0 fully saturated rings. The van der Waals surface area contributed by atoms with Crippen LogP contribution in [0.4, 0.5) is 4.39 Å². The van der Waals surface area contributed by atoms with Crippen molar-refractivity contribution in [3.8, 4) is 18.1 Å². The van der Waals surface area contributed by atoms with E-state index in [-0.39, 0.29) is 31.7 Å². The van der Waals surface area contributed by atoms with Crippen molar-refractivity contribution in [3.63, 3.8) is 0 Å². The van der Waals surface area contributed by atoms with Crippen LogP contribution in [0.1, 0.15) is 55.7 Å². The molecule has 0 aliphatic carbocycles. The molecule has 2 amide bonds. The van der Waals surface area contributed by atoms with E-state index in [1.807, 2.05) is 12.1 Å². The summed E-state index contributed by atoms with van der Waals surface area (Å²) in [6.45, 7) is 3.22. The number of nitrogens with one attached hydrogen (secondary N) is 3. The van der Waals surface area contributed by atoms with Crippen LogP contribution in [-0.2, 0) is 29.0 Å². The topological polar surface area (TPSA) is 99.7 Å². The number of terminal acetylenes is 1. The van der Waals surface area contributed by atoms with Crippen molar-refractivity contribution in [2.75, 3.05) is 13.2 Å². The van der Waals surface area contributed by atoms with Gasteiger partial charge in [0.25, 0.3) is 0 Å². The van der Waals surface area contributed by atoms with Crippen LogP contribution in [0.3, 0.4) is 0 Å². The average molecular weight is 524 g/mol. The molecule has 3 rings (SSSR count). The van der Waals surface area contributed by atoms with Crippen molar-refractivity contribution >= 4 is 11.8 Å². The number of aliphatic hydroxyl groups excluding tert-OH is 1. The number of carbonyl (C=O) groups is 2. The first-order valence-electron chi connectivity index (χ1n) is 13.3. The molecule has 2 aromatic carbocycles. The van der Waals surface area contributed by atoms with Crippen LogP contribution >= 0.6 is 0 Å². The van der Waals surface area contributed by atoms with Crippen molar-refractivity contribution < 1.29 is 23.8 Å². The summed E-state index contributed by atoms with van der Waals surface area (Å²) < 4.78 is 20.1. The number of aryl methyl sites for hydroxylation is 1. The van der Waals surface area contributed by atoms with Crippen molar-refractivity contribution in [1.82, 2.24) is 16.0 Å². The number of amides is 2. The molecule has 1 heterocycles. The lowest BCUT2D eigenvalue weighted by atomic mass is 9.99. The van der Waals surface area contributed by atoms with Gasteiger partial charge in [-0.1, -0.05) is 31.2 Å². The number of hydrogen-bond acceptors (Lipinski definition) is 5. The van der Waals surface area contributed by atoms with Gasteiger partial charge in [-0.05, 0) is 60.9 Å². The van der Waals surface area contributed by atoms with E-state index < -0.39 is 29.9 Å². The van der Waals surface area contributed by atoms with Crippen LogP contribution in [-0.4, -0.2) is 48.3 Å². The molecule has 0 saturated heterocycles. The Morgan fingerprint density at radius 1 is 1.16 bits per heavy atom. The van der Waals surface area contributed by atoms with E-state index in [1.54, 1.807) is 6.07 Å². The minimum Gasteiger partial charge on any atom is -0.493 e. The summed E-state index contributed by atoms with van der Waals surface area (Å²) in [5, 5.41) is 19.9. The lowest BCUT2D eigenvalue weighted by Gasteiger charge is -2.27. The predicted octanol–water partition coefficient (Wildman–Crippen LogP) is 3.03. The van der Waals surface area contributed by atoms with Gasteiger partial charge in [0.1, 0.15) is 17.6 Å². The zero-order valence-corrected chi connectivity index (χ0v) is 22.0. The largest absolute Gasteiger partial charge is 0.493 e. The van der Waals surface area contributed by atoms with Gasteiger partial charge in [0, 0.05) is 32.0 Å². The van der Waals surface area contributed by atoms with Crippen LogP contribution in [0.15, 0.2) is 42.5 Å². The van der Waals surface area contributed by atoms with Gasteiger partial charge in [0.05, 0.1) is 18.8 Å². The number of aliphatic hydroxyl groups is 1. The lowest BCUT2D eigenvalue weighted by molar-refractivity contribution is -0.129. The highest BCUT2D eigenvalue weighted by molar-refractivity contribution is 5.88. The van der Waals surface area contributed by atoms with E-state index in [9.17, 15) is 19.1 Å². The maximum atomic E-state index is 14.4. The molecule has 2 bridgehead atoms. The molecule has 0 radical (unpaired) electrons. The second kappa shape index (κ2) is 15.1. The van der Waals surface area contributed by atoms with E-state index in [1.165, 1.54) is 17.7 Å². The molecule has 4 N–H and O–H groups in total. The summed E-state index contributed by atoms with van der Waals surface area (Å²) in [6.07, 6.45) is 7.92. The van der Waals surface area contributed by atoms with Crippen LogP contribution in [0.5, 0.6) is 5.75 Å². The molecule has 0 aromatic heterocycles. The zero-order valence-electron chi connectivity index (χ0n) is 22.0. The third-order valence-corrected chi connectivity index (χ3v) is 6.55. The van der Waals surface area contributed by atoms with E-state index in [0.717, 1.165) is 18.4 Å². The van der Waals surface area contributed by atoms with Crippen molar-refractivity contribution in [2.45, 2.75) is 76.6 Å². The second-order valence-electron chi connectivity index (χ2n) is 9.67. The SMILES string of the molecule is C#CCC1NC(=O)CCCCCOc2cc(F)cc(c2)CC([C@H](O)CNCc2cccc(CC)c2)NC1=O. The highest BCUT2D eigenvalue weighted by atomic mass is 19.1.